The van der Waals surface area contributed by atoms with Crippen molar-refractivity contribution in [2.75, 3.05) is 38.1 Å². The second kappa shape index (κ2) is 11.6. The third-order valence-electron chi connectivity index (χ3n) is 5.27. The summed E-state index contributed by atoms with van der Waals surface area (Å²) in [6.45, 7) is 0.501. The number of anilines is 2. The predicted octanol–water partition coefficient (Wildman–Crippen LogP) is 5.63. The number of halogens is 3. The van der Waals surface area contributed by atoms with Crippen molar-refractivity contribution >= 4 is 17.4 Å². The van der Waals surface area contributed by atoms with E-state index in [0.717, 1.165) is 12.1 Å². The quantitative estimate of drug-likeness (QED) is 0.274. The monoisotopic (exact) mass is 527 g/mol. The van der Waals surface area contributed by atoms with E-state index in [1.165, 1.54) is 31.0 Å². The predicted molar refractivity (Wildman–Crippen MR) is 135 cm³/mol. The Kier molecular flexibility index (Phi) is 8.12. The minimum atomic E-state index is -4.46. The molecule has 3 aromatic carbocycles. The molecule has 4 aromatic rings. The molecule has 1 heterocycles. The molecule has 0 aliphatic carbocycles. The summed E-state index contributed by atoms with van der Waals surface area (Å²) in [5.41, 5.74) is 1.25. The number of amides is 2. The number of alkyl halides is 3. The van der Waals surface area contributed by atoms with Crippen LogP contribution in [0.3, 0.4) is 0 Å². The fraction of sp³-hybridized carbons (Fsp3) is 0.192. The van der Waals surface area contributed by atoms with Crippen molar-refractivity contribution in [2.45, 2.75) is 6.18 Å². The van der Waals surface area contributed by atoms with Crippen LogP contribution < -0.4 is 20.1 Å². The average Bonchev–Trinajstić information content (AvgIpc) is 3.33. The molecule has 0 saturated heterocycles. The van der Waals surface area contributed by atoms with Crippen LogP contribution in [0.4, 0.5) is 29.3 Å². The molecule has 0 unspecified atom stereocenters. The van der Waals surface area contributed by atoms with Crippen molar-refractivity contribution in [1.29, 1.82) is 0 Å². The van der Waals surface area contributed by atoms with Gasteiger partial charge in [0.1, 0.15) is 12.4 Å². The van der Waals surface area contributed by atoms with Gasteiger partial charge in [0.05, 0.1) is 25.0 Å². The molecule has 0 saturated carbocycles. The summed E-state index contributed by atoms with van der Waals surface area (Å²) in [6, 6.07) is 17.8. The van der Waals surface area contributed by atoms with Gasteiger partial charge in [-0.1, -0.05) is 18.2 Å². The molecule has 0 atom stereocenters. The summed E-state index contributed by atoms with van der Waals surface area (Å²) in [6.07, 6.45) is -4.46. The van der Waals surface area contributed by atoms with E-state index >= 15 is 0 Å². The zero-order valence-corrected chi connectivity index (χ0v) is 20.5. The van der Waals surface area contributed by atoms with Crippen molar-refractivity contribution in [3.8, 4) is 28.8 Å². The molecule has 4 rings (SSSR count). The molecule has 0 bridgehead atoms. The lowest BCUT2D eigenvalue weighted by Gasteiger charge is -2.11. The number of methoxy groups -OCH3 is 2. The van der Waals surface area contributed by atoms with Crippen LogP contribution in [0.1, 0.15) is 5.56 Å². The normalized spacial score (nSPS) is 11.2. The van der Waals surface area contributed by atoms with Gasteiger partial charge in [0.15, 0.2) is 5.82 Å². The molecule has 2 amide bonds. The first-order valence-corrected chi connectivity index (χ1v) is 11.4. The van der Waals surface area contributed by atoms with Gasteiger partial charge >= 0.3 is 18.2 Å². The first-order valence-electron chi connectivity index (χ1n) is 11.4. The van der Waals surface area contributed by atoms with Crippen molar-refractivity contribution in [2.24, 2.45) is 0 Å². The van der Waals surface area contributed by atoms with E-state index in [0.29, 0.717) is 35.0 Å². The molecule has 38 heavy (non-hydrogen) atoms. The topological polar surface area (TPSA) is 99.5 Å². The Labute approximate surface area is 216 Å². The van der Waals surface area contributed by atoms with Crippen molar-refractivity contribution in [3.05, 3.63) is 78.4 Å². The van der Waals surface area contributed by atoms with Crippen LogP contribution in [0.25, 0.3) is 17.1 Å². The van der Waals surface area contributed by atoms with Crippen LogP contribution in [0.2, 0.25) is 0 Å². The van der Waals surface area contributed by atoms with Crippen LogP contribution in [0.15, 0.2) is 72.8 Å². The Morgan fingerprint density at radius 1 is 0.921 bits per heavy atom. The zero-order valence-electron chi connectivity index (χ0n) is 20.5. The first-order chi connectivity index (χ1) is 18.3. The molecule has 0 aliphatic rings. The second-order valence-corrected chi connectivity index (χ2v) is 7.90. The number of aromatic nitrogens is 3. The highest BCUT2D eigenvalue weighted by Gasteiger charge is 2.30. The van der Waals surface area contributed by atoms with Gasteiger partial charge in [-0.25, -0.2) is 9.48 Å². The largest absolute Gasteiger partial charge is 0.497 e. The molecule has 9 nitrogen and oxygen atoms in total. The zero-order chi connectivity index (χ0) is 27.1. The van der Waals surface area contributed by atoms with Gasteiger partial charge in [-0.05, 0) is 48.5 Å². The Morgan fingerprint density at radius 2 is 1.63 bits per heavy atom. The van der Waals surface area contributed by atoms with E-state index in [4.69, 9.17) is 14.2 Å². The fourth-order valence-corrected chi connectivity index (χ4v) is 3.43. The van der Waals surface area contributed by atoms with Gasteiger partial charge in [0.25, 0.3) is 0 Å². The Balaban J connectivity index is 1.54. The Morgan fingerprint density at radius 3 is 2.29 bits per heavy atom. The summed E-state index contributed by atoms with van der Waals surface area (Å²) < 4.78 is 56.2. The van der Waals surface area contributed by atoms with Crippen molar-refractivity contribution < 1.29 is 32.2 Å². The van der Waals surface area contributed by atoms with E-state index in [9.17, 15) is 18.0 Å². The third-order valence-corrected chi connectivity index (χ3v) is 5.27. The first kappa shape index (κ1) is 26.5. The van der Waals surface area contributed by atoms with E-state index < -0.39 is 17.8 Å². The summed E-state index contributed by atoms with van der Waals surface area (Å²) in [4.78, 5) is 16.8. The van der Waals surface area contributed by atoms with Gasteiger partial charge in [0.2, 0.25) is 0 Å². The lowest BCUT2D eigenvalue weighted by molar-refractivity contribution is -0.137. The lowest BCUT2D eigenvalue weighted by Crippen LogP contribution is -2.19. The highest BCUT2D eigenvalue weighted by molar-refractivity contribution is 5.99. The number of hydrogen-bond donors (Lipinski definition) is 2. The van der Waals surface area contributed by atoms with Gasteiger partial charge < -0.3 is 24.8 Å². The van der Waals surface area contributed by atoms with Crippen molar-refractivity contribution in [3.63, 3.8) is 0 Å². The molecule has 1 aromatic heterocycles. The number of rotatable bonds is 9. The molecule has 0 fully saturated rings. The number of nitrogens with zero attached hydrogens (tertiary/aromatic N) is 3. The number of carbonyl (C=O) groups is 1. The van der Waals surface area contributed by atoms with Gasteiger partial charge in [-0.15, -0.1) is 5.10 Å². The van der Waals surface area contributed by atoms with Crippen LogP contribution in [0, 0.1) is 0 Å². The minimum absolute atomic E-state index is 0.0387. The van der Waals surface area contributed by atoms with Gasteiger partial charge in [-0.3, -0.25) is 0 Å². The summed E-state index contributed by atoms with van der Waals surface area (Å²) in [7, 11) is 3.06. The summed E-state index contributed by atoms with van der Waals surface area (Å²) in [5, 5.41) is 9.81. The molecule has 12 heteroatoms. The molecule has 0 spiro atoms. The average molecular weight is 528 g/mol. The molecule has 0 radical (unpaired) electrons. The van der Waals surface area contributed by atoms with Crippen LogP contribution in [0.5, 0.6) is 11.8 Å². The third kappa shape index (κ3) is 6.59. The van der Waals surface area contributed by atoms with E-state index in [2.05, 4.69) is 20.7 Å². The maximum absolute atomic E-state index is 13.0. The molecular formula is C26H24F3N5O4. The number of benzene rings is 3. The SMILES string of the molecule is COCCOc1nc(-c2ccc(C(F)(F)F)cc2)n(-c2ccc(NC(=O)Nc3cccc(OC)c3)cc2)n1. The Hall–Kier alpha value is -4.58. The number of ether oxygens (including phenoxy) is 3. The molecule has 0 aliphatic heterocycles. The van der Waals surface area contributed by atoms with E-state index in [1.807, 2.05) is 0 Å². The maximum atomic E-state index is 13.0. The smallest absolute Gasteiger partial charge is 0.416 e. The van der Waals surface area contributed by atoms with Crippen LogP contribution >= 0.6 is 0 Å². The standard InChI is InChI=1S/C26H24F3N5O4/c1-36-14-15-38-25-32-23(17-6-8-18(9-7-17)26(27,28)29)34(33-25)21-12-10-19(11-13-21)30-24(35)31-20-4-3-5-22(16-20)37-2/h3-13,16H,14-15H2,1-2H3,(H2,30,31,35). The number of carbonyl (C=O) groups excluding carboxylic acids is 1. The summed E-state index contributed by atoms with van der Waals surface area (Å²) in [5.74, 6) is 0.886. The molecule has 198 valence electrons. The maximum Gasteiger partial charge on any atom is 0.416 e. The summed E-state index contributed by atoms with van der Waals surface area (Å²) >= 11 is 0. The Bertz CT molecular complexity index is 1370. The number of hydrogen-bond acceptors (Lipinski definition) is 6. The minimum Gasteiger partial charge on any atom is -0.497 e. The fourth-order valence-electron chi connectivity index (χ4n) is 3.43. The van der Waals surface area contributed by atoms with Crippen LogP contribution in [-0.4, -0.2) is 48.2 Å². The van der Waals surface area contributed by atoms with E-state index in [-0.39, 0.29) is 18.4 Å². The van der Waals surface area contributed by atoms with Crippen LogP contribution in [-0.2, 0) is 10.9 Å². The number of nitrogens with one attached hydrogen (secondary N) is 2. The second-order valence-electron chi connectivity index (χ2n) is 7.90. The highest BCUT2D eigenvalue weighted by atomic mass is 19.4. The van der Waals surface area contributed by atoms with Crippen molar-refractivity contribution in [1.82, 2.24) is 14.8 Å². The van der Waals surface area contributed by atoms with Gasteiger partial charge in [0, 0.05) is 30.1 Å². The number of urea groups is 1. The lowest BCUT2D eigenvalue weighted by atomic mass is 10.1. The molecule has 2 N–H and O–H groups in total. The highest BCUT2D eigenvalue weighted by Crippen LogP contribution is 2.31. The molecular weight excluding hydrogens is 503 g/mol. The van der Waals surface area contributed by atoms with Gasteiger partial charge in [-0.2, -0.15) is 18.2 Å². The van der Waals surface area contributed by atoms with E-state index in [1.54, 1.807) is 48.5 Å².